The number of rotatable bonds is 6. The Bertz CT molecular complexity index is 705. The van der Waals surface area contributed by atoms with E-state index in [1.807, 2.05) is 18.2 Å². The topological polar surface area (TPSA) is 111 Å². The van der Waals surface area contributed by atoms with Crippen LogP contribution in [0.5, 0.6) is 11.5 Å². The van der Waals surface area contributed by atoms with Gasteiger partial charge < -0.3 is 20.5 Å². The first-order valence-corrected chi connectivity index (χ1v) is 7.70. The highest BCUT2D eigenvalue weighted by molar-refractivity contribution is 6.07. The molecule has 8 heteroatoms. The van der Waals surface area contributed by atoms with Crippen molar-refractivity contribution in [3.8, 4) is 11.5 Å². The molecule has 1 atom stereocenters. The zero-order valence-corrected chi connectivity index (χ0v) is 13.3. The van der Waals surface area contributed by atoms with E-state index in [4.69, 9.17) is 15.2 Å². The molecule has 2 aliphatic rings. The summed E-state index contributed by atoms with van der Waals surface area (Å²) in [7, 11) is 0. The number of nitrogens with zero attached hydrogens (tertiary/aromatic N) is 1. The number of ether oxygens (including phenoxy) is 2. The standard InChI is InChI=1S/C16H19N3O5/c1-16(14(21)19(15(22)18-16)7-5-13(17)20)6-4-10-2-3-11-12(8-10)24-9-23-11/h2-3,8H,4-7,9H2,1H3,(H2,17,20)(H,18,22). The fourth-order valence-corrected chi connectivity index (χ4v) is 2.83. The Hall–Kier alpha value is -2.77. The number of imide groups is 1. The maximum absolute atomic E-state index is 12.5. The van der Waals surface area contributed by atoms with Crippen molar-refractivity contribution < 1.29 is 23.9 Å². The van der Waals surface area contributed by atoms with Gasteiger partial charge in [0.15, 0.2) is 11.5 Å². The fraction of sp³-hybridized carbons (Fsp3) is 0.438. The number of amides is 4. The molecule has 0 saturated carbocycles. The Morgan fingerprint density at radius 2 is 2.08 bits per heavy atom. The van der Waals surface area contributed by atoms with Crippen LogP contribution in [-0.2, 0) is 16.0 Å². The van der Waals surface area contributed by atoms with Gasteiger partial charge in [-0.15, -0.1) is 0 Å². The molecule has 1 fully saturated rings. The SMILES string of the molecule is CC1(CCc2ccc3c(c2)OCO3)NC(=O)N(CCC(N)=O)C1=O. The van der Waals surface area contributed by atoms with Crippen molar-refractivity contribution >= 4 is 17.8 Å². The lowest BCUT2D eigenvalue weighted by molar-refractivity contribution is -0.131. The van der Waals surface area contributed by atoms with Crippen LogP contribution >= 0.6 is 0 Å². The molecule has 1 aromatic rings. The summed E-state index contributed by atoms with van der Waals surface area (Å²) in [5.74, 6) is 0.495. The Balaban J connectivity index is 1.65. The monoisotopic (exact) mass is 333 g/mol. The predicted octanol–water partition coefficient (Wildman–Crippen LogP) is 0.534. The summed E-state index contributed by atoms with van der Waals surface area (Å²) in [6, 6.07) is 5.11. The van der Waals surface area contributed by atoms with E-state index in [2.05, 4.69) is 5.32 Å². The third kappa shape index (κ3) is 2.99. The van der Waals surface area contributed by atoms with Crippen molar-refractivity contribution in [2.45, 2.75) is 31.7 Å². The van der Waals surface area contributed by atoms with Crippen LogP contribution in [-0.4, -0.2) is 41.6 Å². The molecule has 3 rings (SSSR count). The molecule has 0 bridgehead atoms. The van der Waals surface area contributed by atoms with E-state index < -0.39 is 17.5 Å². The van der Waals surface area contributed by atoms with Gasteiger partial charge in [-0.05, 0) is 37.5 Å². The van der Waals surface area contributed by atoms with Crippen LogP contribution in [0.1, 0.15) is 25.3 Å². The van der Waals surface area contributed by atoms with Crippen LogP contribution in [0.3, 0.4) is 0 Å². The quantitative estimate of drug-likeness (QED) is 0.738. The Morgan fingerprint density at radius 3 is 2.83 bits per heavy atom. The molecule has 1 unspecified atom stereocenters. The number of hydrogen-bond acceptors (Lipinski definition) is 5. The van der Waals surface area contributed by atoms with E-state index >= 15 is 0 Å². The summed E-state index contributed by atoms with van der Waals surface area (Å²) < 4.78 is 10.6. The van der Waals surface area contributed by atoms with Gasteiger partial charge in [0.25, 0.3) is 5.91 Å². The number of nitrogens with one attached hydrogen (secondary N) is 1. The number of aryl methyl sites for hydroxylation is 1. The number of nitrogens with two attached hydrogens (primary N) is 1. The molecule has 0 radical (unpaired) electrons. The molecule has 128 valence electrons. The van der Waals surface area contributed by atoms with Crippen molar-refractivity contribution in [2.75, 3.05) is 13.3 Å². The Morgan fingerprint density at radius 1 is 1.33 bits per heavy atom. The first-order chi connectivity index (χ1) is 11.4. The second-order valence-electron chi connectivity index (χ2n) is 6.12. The first kappa shape index (κ1) is 16.1. The average Bonchev–Trinajstić information content (AvgIpc) is 3.07. The molecule has 8 nitrogen and oxygen atoms in total. The van der Waals surface area contributed by atoms with Crippen LogP contribution in [0.25, 0.3) is 0 Å². The molecule has 3 N–H and O–H groups in total. The maximum atomic E-state index is 12.5. The molecule has 0 spiro atoms. The van der Waals surface area contributed by atoms with Gasteiger partial charge in [0, 0.05) is 13.0 Å². The molecule has 1 saturated heterocycles. The highest BCUT2D eigenvalue weighted by Crippen LogP contribution is 2.33. The van der Waals surface area contributed by atoms with Crippen LogP contribution < -0.4 is 20.5 Å². The van der Waals surface area contributed by atoms with Crippen molar-refractivity contribution in [2.24, 2.45) is 5.73 Å². The lowest BCUT2D eigenvalue weighted by Gasteiger charge is -2.21. The molecule has 24 heavy (non-hydrogen) atoms. The minimum absolute atomic E-state index is 0.000383. The maximum Gasteiger partial charge on any atom is 0.325 e. The molecule has 4 amide bonds. The van der Waals surface area contributed by atoms with E-state index in [0.29, 0.717) is 24.3 Å². The second-order valence-corrected chi connectivity index (χ2v) is 6.12. The fourth-order valence-electron chi connectivity index (χ4n) is 2.83. The lowest BCUT2D eigenvalue weighted by Crippen LogP contribution is -2.44. The van der Waals surface area contributed by atoms with Crippen LogP contribution in [0.2, 0.25) is 0 Å². The first-order valence-electron chi connectivity index (χ1n) is 7.70. The van der Waals surface area contributed by atoms with E-state index in [1.54, 1.807) is 6.92 Å². The zero-order valence-electron chi connectivity index (χ0n) is 13.3. The second kappa shape index (κ2) is 6.03. The minimum atomic E-state index is -0.995. The number of fused-ring (bicyclic) bond motifs is 1. The highest BCUT2D eigenvalue weighted by atomic mass is 16.7. The zero-order chi connectivity index (χ0) is 17.3. The van der Waals surface area contributed by atoms with Gasteiger partial charge in [0.1, 0.15) is 5.54 Å². The van der Waals surface area contributed by atoms with Crippen LogP contribution in [0, 0.1) is 0 Å². The number of carbonyl (C=O) groups is 3. The van der Waals surface area contributed by atoms with Gasteiger partial charge in [0.2, 0.25) is 12.7 Å². The smallest absolute Gasteiger partial charge is 0.325 e. The van der Waals surface area contributed by atoms with Crippen LogP contribution in [0.4, 0.5) is 4.79 Å². The van der Waals surface area contributed by atoms with Gasteiger partial charge in [-0.1, -0.05) is 6.07 Å². The highest BCUT2D eigenvalue weighted by Gasteiger charge is 2.47. The number of primary amides is 1. The molecule has 1 aromatic carbocycles. The van der Waals surface area contributed by atoms with Crippen molar-refractivity contribution in [1.82, 2.24) is 10.2 Å². The molecule has 2 aliphatic heterocycles. The number of hydrogen-bond donors (Lipinski definition) is 2. The summed E-state index contributed by atoms with van der Waals surface area (Å²) in [6.45, 7) is 1.89. The Labute approximate surface area is 138 Å². The van der Waals surface area contributed by atoms with E-state index in [0.717, 1.165) is 10.5 Å². The van der Waals surface area contributed by atoms with Gasteiger partial charge in [-0.3, -0.25) is 14.5 Å². The Kier molecular flexibility index (Phi) is 4.04. The van der Waals surface area contributed by atoms with Crippen molar-refractivity contribution in [3.05, 3.63) is 23.8 Å². The van der Waals surface area contributed by atoms with E-state index in [-0.39, 0.29) is 25.7 Å². The van der Waals surface area contributed by atoms with Crippen molar-refractivity contribution in [1.29, 1.82) is 0 Å². The summed E-state index contributed by atoms with van der Waals surface area (Å²) in [6.07, 6.45) is 0.977. The summed E-state index contributed by atoms with van der Waals surface area (Å²) in [4.78, 5) is 36.4. The number of benzene rings is 1. The van der Waals surface area contributed by atoms with Crippen LogP contribution in [0.15, 0.2) is 18.2 Å². The van der Waals surface area contributed by atoms with Gasteiger partial charge >= 0.3 is 6.03 Å². The molecule has 0 aliphatic carbocycles. The largest absolute Gasteiger partial charge is 0.454 e. The minimum Gasteiger partial charge on any atom is -0.454 e. The molecule has 0 aromatic heterocycles. The van der Waals surface area contributed by atoms with Gasteiger partial charge in [0.05, 0.1) is 0 Å². The molecular formula is C16H19N3O5. The van der Waals surface area contributed by atoms with E-state index in [9.17, 15) is 14.4 Å². The van der Waals surface area contributed by atoms with E-state index in [1.165, 1.54) is 0 Å². The molecule has 2 heterocycles. The number of carbonyl (C=O) groups excluding carboxylic acids is 3. The summed E-state index contributed by atoms with van der Waals surface area (Å²) >= 11 is 0. The third-order valence-corrected chi connectivity index (χ3v) is 4.28. The predicted molar refractivity (Wildman–Crippen MR) is 83.3 cm³/mol. The summed E-state index contributed by atoms with van der Waals surface area (Å²) in [5, 5.41) is 2.71. The van der Waals surface area contributed by atoms with Crippen molar-refractivity contribution in [3.63, 3.8) is 0 Å². The number of urea groups is 1. The summed E-state index contributed by atoms with van der Waals surface area (Å²) in [5.41, 5.74) is 5.07. The average molecular weight is 333 g/mol. The van der Waals surface area contributed by atoms with Gasteiger partial charge in [-0.2, -0.15) is 0 Å². The lowest BCUT2D eigenvalue weighted by atomic mass is 9.93. The molecular weight excluding hydrogens is 314 g/mol. The third-order valence-electron chi connectivity index (χ3n) is 4.28. The normalized spacial score (nSPS) is 22.0. The van der Waals surface area contributed by atoms with Gasteiger partial charge in [-0.25, -0.2) is 4.79 Å².